The van der Waals surface area contributed by atoms with Crippen LogP contribution in [0.3, 0.4) is 0 Å². The van der Waals surface area contributed by atoms with Gasteiger partial charge in [0, 0.05) is 28.6 Å². The molecule has 1 amide bonds. The molecular formula is C23H29ClFNO2S. The minimum atomic E-state index is -0.540. The number of hydrogen-bond donors (Lipinski definition) is 1. The van der Waals surface area contributed by atoms with Crippen LogP contribution in [0.5, 0.6) is 5.75 Å². The first-order valence-corrected chi connectivity index (χ1v) is 11.3. The van der Waals surface area contributed by atoms with E-state index < -0.39 is 6.10 Å². The van der Waals surface area contributed by atoms with Gasteiger partial charge in [0.25, 0.3) is 5.91 Å². The second kappa shape index (κ2) is 10.9. The summed E-state index contributed by atoms with van der Waals surface area (Å²) in [5.41, 5.74) is 1.79. The van der Waals surface area contributed by atoms with E-state index in [0.717, 1.165) is 0 Å². The van der Waals surface area contributed by atoms with Crippen molar-refractivity contribution in [3.63, 3.8) is 0 Å². The summed E-state index contributed by atoms with van der Waals surface area (Å²) in [6.45, 7) is 8.87. The van der Waals surface area contributed by atoms with Gasteiger partial charge in [-0.05, 0) is 41.7 Å². The number of carbonyl (C=O) groups is 1. The van der Waals surface area contributed by atoms with Gasteiger partial charge in [0.2, 0.25) is 0 Å². The highest BCUT2D eigenvalue weighted by atomic mass is 35.5. The van der Waals surface area contributed by atoms with Crippen LogP contribution >= 0.6 is 23.4 Å². The molecule has 1 N–H and O–H groups in total. The van der Waals surface area contributed by atoms with E-state index in [1.807, 2.05) is 31.2 Å². The van der Waals surface area contributed by atoms with Crippen LogP contribution in [0.1, 0.15) is 45.2 Å². The molecule has 6 heteroatoms. The molecule has 0 unspecified atom stereocenters. The lowest BCUT2D eigenvalue weighted by Gasteiger charge is -2.21. The Morgan fingerprint density at radius 3 is 2.48 bits per heavy atom. The van der Waals surface area contributed by atoms with Gasteiger partial charge >= 0.3 is 0 Å². The number of hydrogen-bond acceptors (Lipinski definition) is 3. The van der Waals surface area contributed by atoms with Crippen molar-refractivity contribution in [3.05, 3.63) is 64.4 Å². The van der Waals surface area contributed by atoms with Gasteiger partial charge in [-0.1, -0.05) is 57.5 Å². The first-order valence-electron chi connectivity index (χ1n) is 9.78. The van der Waals surface area contributed by atoms with E-state index in [-0.39, 0.29) is 17.1 Å². The average molecular weight is 438 g/mol. The summed E-state index contributed by atoms with van der Waals surface area (Å²) in [6, 6.07) is 12.6. The summed E-state index contributed by atoms with van der Waals surface area (Å²) in [6.07, 6.45) is 0.0340. The first kappa shape index (κ1) is 23.6. The molecular weight excluding hydrogens is 409 g/mol. The van der Waals surface area contributed by atoms with E-state index >= 15 is 0 Å². The molecule has 2 rings (SSSR count). The maximum atomic E-state index is 13.8. The quantitative estimate of drug-likeness (QED) is 0.490. The van der Waals surface area contributed by atoms with Gasteiger partial charge in [-0.25, -0.2) is 4.39 Å². The molecule has 158 valence electrons. The largest absolute Gasteiger partial charge is 0.481 e. The van der Waals surface area contributed by atoms with Crippen LogP contribution < -0.4 is 10.1 Å². The van der Waals surface area contributed by atoms with Crippen LogP contribution in [-0.4, -0.2) is 24.3 Å². The van der Waals surface area contributed by atoms with Crippen LogP contribution in [0.4, 0.5) is 4.39 Å². The van der Waals surface area contributed by atoms with Crippen LogP contribution in [0.15, 0.2) is 42.5 Å². The third-order valence-electron chi connectivity index (χ3n) is 4.52. The van der Waals surface area contributed by atoms with Crippen LogP contribution in [0.2, 0.25) is 5.02 Å². The van der Waals surface area contributed by atoms with Gasteiger partial charge in [-0.3, -0.25) is 4.79 Å². The fraction of sp³-hybridized carbons (Fsp3) is 0.435. The van der Waals surface area contributed by atoms with E-state index in [9.17, 15) is 9.18 Å². The predicted molar refractivity (Wildman–Crippen MR) is 120 cm³/mol. The molecule has 0 aliphatic carbocycles. The zero-order valence-electron chi connectivity index (χ0n) is 17.4. The van der Waals surface area contributed by atoms with Gasteiger partial charge in [0.1, 0.15) is 11.6 Å². The Kier molecular flexibility index (Phi) is 8.84. The van der Waals surface area contributed by atoms with Crippen molar-refractivity contribution in [1.29, 1.82) is 0 Å². The molecule has 3 nitrogen and oxygen atoms in total. The Hall–Kier alpha value is -1.72. The van der Waals surface area contributed by atoms with E-state index in [1.54, 1.807) is 12.1 Å². The predicted octanol–water partition coefficient (Wildman–Crippen LogP) is 5.98. The lowest BCUT2D eigenvalue weighted by Crippen LogP contribution is -2.39. The van der Waals surface area contributed by atoms with Gasteiger partial charge in [-0.15, -0.1) is 0 Å². The van der Waals surface area contributed by atoms with Crippen LogP contribution in [0.25, 0.3) is 0 Å². The lowest BCUT2D eigenvalue weighted by molar-refractivity contribution is -0.127. The Labute approximate surface area is 182 Å². The molecule has 0 aromatic heterocycles. The van der Waals surface area contributed by atoms with Gasteiger partial charge in [-0.2, -0.15) is 11.8 Å². The molecule has 2 aromatic carbocycles. The summed E-state index contributed by atoms with van der Waals surface area (Å²) in [5, 5.41) is 3.32. The van der Waals surface area contributed by atoms with E-state index in [2.05, 4.69) is 26.1 Å². The van der Waals surface area contributed by atoms with Crippen molar-refractivity contribution in [2.24, 2.45) is 0 Å². The highest BCUT2D eigenvalue weighted by Crippen LogP contribution is 2.25. The summed E-state index contributed by atoms with van der Waals surface area (Å²) >= 11 is 7.55. The molecule has 2 aromatic rings. The summed E-state index contributed by atoms with van der Waals surface area (Å²) in [4.78, 5) is 12.4. The molecule has 0 saturated heterocycles. The number of carbonyl (C=O) groups excluding carboxylic acids is 1. The Morgan fingerprint density at radius 2 is 1.90 bits per heavy atom. The second-order valence-electron chi connectivity index (χ2n) is 7.83. The molecule has 0 radical (unpaired) electrons. The van der Waals surface area contributed by atoms with Gasteiger partial charge < -0.3 is 10.1 Å². The van der Waals surface area contributed by atoms with Crippen molar-refractivity contribution >= 4 is 29.3 Å². The maximum absolute atomic E-state index is 13.8. The third kappa shape index (κ3) is 7.23. The molecule has 0 aliphatic rings. The number of ether oxygens (including phenoxy) is 1. The van der Waals surface area contributed by atoms with Crippen molar-refractivity contribution in [1.82, 2.24) is 5.32 Å². The summed E-state index contributed by atoms with van der Waals surface area (Å²) in [5.74, 6) is 1.37. The number of rotatable bonds is 9. The lowest BCUT2D eigenvalue weighted by atomic mass is 9.87. The minimum absolute atomic E-state index is 0.0740. The van der Waals surface area contributed by atoms with Crippen molar-refractivity contribution in [3.8, 4) is 5.75 Å². The Bertz CT molecular complexity index is 785. The molecule has 0 fully saturated rings. The molecule has 0 heterocycles. The van der Waals surface area contributed by atoms with Crippen molar-refractivity contribution < 1.29 is 13.9 Å². The minimum Gasteiger partial charge on any atom is -0.481 e. The molecule has 0 aliphatic heterocycles. The van der Waals surface area contributed by atoms with Crippen molar-refractivity contribution in [2.75, 3.05) is 12.3 Å². The highest BCUT2D eigenvalue weighted by molar-refractivity contribution is 7.98. The number of amides is 1. The topological polar surface area (TPSA) is 38.3 Å². The second-order valence-corrected chi connectivity index (χ2v) is 9.35. The average Bonchev–Trinajstić information content (AvgIpc) is 2.67. The normalized spacial score (nSPS) is 12.5. The molecule has 0 spiro atoms. The number of halogens is 2. The number of nitrogens with one attached hydrogen (secondary N) is 1. The fourth-order valence-electron chi connectivity index (χ4n) is 2.72. The van der Waals surface area contributed by atoms with Crippen LogP contribution in [-0.2, 0) is 16.0 Å². The van der Waals surface area contributed by atoms with E-state index in [0.29, 0.717) is 40.8 Å². The Balaban J connectivity index is 1.78. The fourth-order valence-corrected chi connectivity index (χ4v) is 3.92. The zero-order chi connectivity index (χ0) is 21.4. The van der Waals surface area contributed by atoms with E-state index in [4.69, 9.17) is 16.3 Å². The number of thioether (sulfide) groups is 1. The van der Waals surface area contributed by atoms with Crippen molar-refractivity contribution in [2.45, 2.75) is 51.4 Å². The first-order chi connectivity index (χ1) is 13.7. The van der Waals surface area contributed by atoms with Crippen LogP contribution in [0, 0.1) is 5.82 Å². The standard InChI is InChI=1S/C23H29ClFNO2S/c1-5-21(28-17-11-9-16(10-12-17)23(2,3)4)22(27)26-13-14-29-15-18-19(24)7-6-8-20(18)25/h6-12,21H,5,13-15H2,1-4H3,(H,26,27)/t21-/m0/s1. The number of benzene rings is 2. The zero-order valence-corrected chi connectivity index (χ0v) is 19.0. The van der Waals surface area contributed by atoms with E-state index in [1.165, 1.54) is 23.4 Å². The molecule has 29 heavy (non-hydrogen) atoms. The molecule has 0 bridgehead atoms. The smallest absolute Gasteiger partial charge is 0.261 e. The maximum Gasteiger partial charge on any atom is 0.261 e. The van der Waals surface area contributed by atoms with Gasteiger partial charge in [0.05, 0.1) is 0 Å². The third-order valence-corrected chi connectivity index (χ3v) is 5.86. The Morgan fingerprint density at radius 1 is 1.21 bits per heavy atom. The highest BCUT2D eigenvalue weighted by Gasteiger charge is 2.19. The van der Waals surface area contributed by atoms with Gasteiger partial charge in [0.15, 0.2) is 6.10 Å². The SMILES string of the molecule is CC[C@H](Oc1ccc(C(C)(C)C)cc1)C(=O)NCCSCc1c(F)cccc1Cl. The molecule has 0 saturated carbocycles. The summed E-state index contributed by atoms with van der Waals surface area (Å²) in [7, 11) is 0. The molecule has 1 atom stereocenters. The monoisotopic (exact) mass is 437 g/mol. The summed E-state index contributed by atoms with van der Waals surface area (Å²) < 4.78 is 19.6.